The number of aldehydes is 1. The van der Waals surface area contributed by atoms with Crippen molar-refractivity contribution >= 4 is 29.7 Å². The van der Waals surface area contributed by atoms with E-state index in [1.165, 1.54) is 6.26 Å². The Morgan fingerprint density at radius 2 is 1.71 bits per heavy atom. The predicted octanol–water partition coefficient (Wildman–Crippen LogP) is 3.86. The number of nitrogens with zero attached hydrogens (tertiary/aromatic N) is 1. The van der Waals surface area contributed by atoms with Gasteiger partial charge < -0.3 is 14.3 Å². The molecule has 0 aromatic heterocycles. The fourth-order valence-corrected chi connectivity index (χ4v) is 2.71. The molecule has 2 aromatic carbocycles. The molecular weight excluding hydrogens is 400 g/mol. The number of amides is 2. The minimum atomic E-state index is -0.814. The molecule has 8 heteroatoms. The van der Waals surface area contributed by atoms with Crippen molar-refractivity contribution in [2.45, 2.75) is 26.4 Å². The molecule has 0 bridgehead atoms. The highest BCUT2D eigenvalue weighted by Gasteiger charge is 2.23. The van der Waals surface area contributed by atoms with Crippen LogP contribution in [0.3, 0.4) is 0 Å². The van der Waals surface area contributed by atoms with Crippen LogP contribution in [0, 0.1) is 0 Å². The summed E-state index contributed by atoms with van der Waals surface area (Å²) in [5, 5.41) is 3.69. The highest BCUT2D eigenvalue weighted by atomic mass is 16.7. The Morgan fingerprint density at radius 1 is 1.10 bits per heavy atom. The molecule has 0 aliphatic carbocycles. The van der Waals surface area contributed by atoms with E-state index < -0.39 is 18.1 Å². The maximum atomic E-state index is 12.5. The lowest BCUT2D eigenvalue weighted by molar-refractivity contribution is -0.134. The van der Waals surface area contributed by atoms with Gasteiger partial charge >= 0.3 is 6.09 Å². The van der Waals surface area contributed by atoms with Crippen LogP contribution in [0.5, 0.6) is 0 Å². The van der Waals surface area contributed by atoms with Gasteiger partial charge in [-0.05, 0) is 55.7 Å². The van der Waals surface area contributed by atoms with Gasteiger partial charge in [0.2, 0.25) is 0 Å². The van der Waals surface area contributed by atoms with Gasteiger partial charge in [0.1, 0.15) is 12.9 Å². The van der Waals surface area contributed by atoms with E-state index in [4.69, 9.17) is 14.3 Å². The molecule has 2 rings (SSSR count). The van der Waals surface area contributed by atoms with Crippen LogP contribution < -0.4 is 10.4 Å². The first-order valence-corrected chi connectivity index (χ1v) is 9.77. The van der Waals surface area contributed by atoms with E-state index in [-0.39, 0.29) is 6.61 Å². The number of hydroxylamine groups is 1. The molecule has 0 heterocycles. The van der Waals surface area contributed by atoms with E-state index in [1.807, 2.05) is 24.3 Å². The zero-order valence-electron chi connectivity index (χ0n) is 17.6. The molecule has 1 atom stereocenters. The summed E-state index contributed by atoms with van der Waals surface area (Å²) in [4.78, 5) is 40.0. The van der Waals surface area contributed by atoms with E-state index in [0.717, 1.165) is 16.2 Å². The van der Waals surface area contributed by atoms with Crippen LogP contribution in [0.1, 0.15) is 25.0 Å². The van der Waals surface area contributed by atoms with E-state index in [2.05, 4.69) is 11.9 Å². The van der Waals surface area contributed by atoms with E-state index >= 15 is 0 Å². The Morgan fingerprint density at radius 3 is 2.26 bits per heavy atom. The van der Waals surface area contributed by atoms with Gasteiger partial charge in [-0.3, -0.25) is 14.9 Å². The predicted molar refractivity (Wildman–Crippen MR) is 117 cm³/mol. The van der Waals surface area contributed by atoms with Crippen molar-refractivity contribution in [2.75, 3.05) is 23.6 Å². The van der Waals surface area contributed by atoms with Crippen molar-refractivity contribution in [3.63, 3.8) is 0 Å². The van der Waals surface area contributed by atoms with Gasteiger partial charge in [0.25, 0.3) is 5.91 Å². The SMILES string of the molecule is C=COC(C)C(=O)N(OCC=O)c1ccc(Cc2ccc(NC(=O)OCC)cc2)cc1. The summed E-state index contributed by atoms with van der Waals surface area (Å²) in [7, 11) is 0. The Balaban J connectivity index is 2.06. The first-order chi connectivity index (χ1) is 15.0. The third-order valence-corrected chi connectivity index (χ3v) is 4.17. The van der Waals surface area contributed by atoms with Crippen LogP contribution in [0.4, 0.5) is 16.2 Å². The van der Waals surface area contributed by atoms with Crippen LogP contribution >= 0.6 is 0 Å². The van der Waals surface area contributed by atoms with Crippen molar-refractivity contribution in [1.82, 2.24) is 0 Å². The summed E-state index contributed by atoms with van der Waals surface area (Å²) in [5.41, 5.74) is 3.17. The molecule has 0 saturated heterocycles. The Labute approximate surface area is 181 Å². The number of hydrogen-bond donors (Lipinski definition) is 1. The topological polar surface area (TPSA) is 94.2 Å². The molecule has 31 heavy (non-hydrogen) atoms. The normalized spacial score (nSPS) is 11.2. The van der Waals surface area contributed by atoms with Gasteiger partial charge in [0, 0.05) is 5.69 Å². The zero-order valence-corrected chi connectivity index (χ0v) is 17.6. The number of rotatable bonds is 11. The minimum absolute atomic E-state index is 0.263. The minimum Gasteiger partial charge on any atom is -0.489 e. The highest BCUT2D eigenvalue weighted by Crippen LogP contribution is 2.20. The van der Waals surface area contributed by atoms with Gasteiger partial charge in [-0.1, -0.05) is 30.8 Å². The van der Waals surface area contributed by atoms with Crippen LogP contribution in [-0.4, -0.2) is 37.6 Å². The second-order valence-corrected chi connectivity index (χ2v) is 6.43. The molecule has 1 N–H and O–H groups in total. The van der Waals surface area contributed by atoms with Crippen molar-refractivity contribution < 1.29 is 28.7 Å². The molecule has 0 aliphatic heterocycles. The molecule has 0 saturated carbocycles. The quantitative estimate of drug-likeness (QED) is 0.333. The molecule has 164 valence electrons. The molecule has 0 aliphatic rings. The molecular formula is C23H26N2O6. The lowest BCUT2D eigenvalue weighted by Gasteiger charge is -2.23. The fourth-order valence-electron chi connectivity index (χ4n) is 2.71. The van der Waals surface area contributed by atoms with Gasteiger partial charge in [-0.2, -0.15) is 5.06 Å². The number of ether oxygens (including phenoxy) is 2. The molecule has 2 amide bonds. The van der Waals surface area contributed by atoms with Crippen molar-refractivity contribution in [2.24, 2.45) is 0 Å². The maximum Gasteiger partial charge on any atom is 0.411 e. The standard InChI is InChI=1S/C23H26N2O6/c1-4-29-17(3)22(27)25(31-15-14-26)21-12-8-19(9-13-21)16-18-6-10-20(11-7-18)24-23(28)30-5-2/h4,6-14,17H,1,5,15-16H2,2-3H3,(H,24,28). The molecule has 1 unspecified atom stereocenters. The van der Waals surface area contributed by atoms with Crippen LogP contribution in [0.15, 0.2) is 61.4 Å². The first-order valence-electron chi connectivity index (χ1n) is 9.77. The number of carbonyl (C=O) groups excluding carboxylic acids is 3. The van der Waals surface area contributed by atoms with Crippen molar-refractivity contribution in [3.05, 3.63) is 72.5 Å². The monoisotopic (exact) mass is 426 g/mol. The van der Waals surface area contributed by atoms with Crippen LogP contribution in [0.2, 0.25) is 0 Å². The van der Waals surface area contributed by atoms with Crippen LogP contribution in [0.25, 0.3) is 0 Å². The van der Waals surface area contributed by atoms with Gasteiger partial charge in [0.05, 0.1) is 18.6 Å². The van der Waals surface area contributed by atoms with E-state index in [1.54, 1.807) is 38.1 Å². The first kappa shape index (κ1) is 23.6. The summed E-state index contributed by atoms with van der Waals surface area (Å²) in [5.74, 6) is -0.459. The Hall–Kier alpha value is -3.65. The Kier molecular flexibility index (Phi) is 9.25. The number of carbonyl (C=O) groups is 3. The molecule has 8 nitrogen and oxygen atoms in total. The van der Waals surface area contributed by atoms with Crippen molar-refractivity contribution in [3.8, 4) is 0 Å². The second-order valence-electron chi connectivity index (χ2n) is 6.43. The second kappa shape index (κ2) is 12.1. The summed E-state index contributed by atoms with van der Waals surface area (Å²) in [6.07, 6.45) is 1.09. The van der Waals surface area contributed by atoms with E-state index in [0.29, 0.717) is 30.7 Å². The number of benzene rings is 2. The Bertz CT molecular complexity index is 880. The van der Waals surface area contributed by atoms with Gasteiger partial charge in [-0.25, -0.2) is 4.79 Å². The number of nitrogens with one attached hydrogen (secondary N) is 1. The molecule has 0 fully saturated rings. The largest absolute Gasteiger partial charge is 0.489 e. The third kappa shape index (κ3) is 7.27. The molecule has 0 radical (unpaired) electrons. The smallest absolute Gasteiger partial charge is 0.411 e. The number of hydrogen-bond acceptors (Lipinski definition) is 6. The summed E-state index contributed by atoms with van der Waals surface area (Å²) in [6.45, 7) is 6.79. The fraction of sp³-hybridized carbons (Fsp3) is 0.261. The van der Waals surface area contributed by atoms with Gasteiger partial charge in [0.15, 0.2) is 6.10 Å². The zero-order chi connectivity index (χ0) is 22.6. The summed E-state index contributed by atoms with van der Waals surface area (Å²) >= 11 is 0. The lowest BCUT2D eigenvalue weighted by atomic mass is 10.0. The molecule has 2 aromatic rings. The highest BCUT2D eigenvalue weighted by molar-refractivity contribution is 5.94. The van der Waals surface area contributed by atoms with E-state index in [9.17, 15) is 14.4 Å². The summed E-state index contributed by atoms with van der Waals surface area (Å²) in [6, 6.07) is 14.6. The maximum absolute atomic E-state index is 12.5. The van der Waals surface area contributed by atoms with Crippen molar-refractivity contribution in [1.29, 1.82) is 0 Å². The van der Waals surface area contributed by atoms with Crippen LogP contribution in [-0.2, 0) is 30.3 Å². The third-order valence-electron chi connectivity index (χ3n) is 4.17. The number of anilines is 2. The molecule has 0 spiro atoms. The lowest BCUT2D eigenvalue weighted by Crippen LogP contribution is -2.39. The summed E-state index contributed by atoms with van der Waals surface area (Å²) < 4.78 is 9.96. The van der Waals surface area contributed by atoms with Gasteiger partial charge in [-0.15, -0.1) is 0 Å². The average molecular weight is 426 g/mol. The average Bonchev–Trinajstić information content (AvgIpc) is 2.76.